The van der Waals surface area contributed by atoms with Crippen LogP contribution in [0.4, 0.5) is 0 Å². The molecular weight excluding hydrogens is 546 g/mol. The van der Waals surface area contributed by atoms with Gasteiger partial charge in [0.05, 0.1) is 19.3 Å². The first-order chi connectivity index (χ1) is 20.8. The zero-order valence-electron chi connectivity index (χ0n) is 25.7. The molecular formula is C34H49N3O6. The fourth-order valence-corrected chi connectivity index (χ4v) is 6.89. The predicted molar refractivity (Wildman–Crippen MR) is 162 cm³/mol. The second-order valence-corrected chi connectivity index (χ2v) is 13.2. The lowest BCUT2D eigenvalue weighted by Gasteiger charge is -2.30. The Balaban J connectivity index is 1.35. The number of amides is 3. The summed E-state index contributed by atoms with van der Waals surface area (Å²) in [7, 11) is 0. The fourth-order valence-electron chi connectivity index (χ4n) is 6.89. The molecule has 1 aromatic carbocycles. The van der Waals surface area contributed by atoms with E-state index in [-0.39, 0.29) is 29.9 Å². The van der Waals surface area contributed by atoms with Gasteiger partial charge in [0, 0.05) is 19.4 Å². The molecule has 4 aliphatic heterocycles. The number of epoxide rings is 1. The van der Waals surface area contributed by atoms with Crippen molar-refractivity contribution in [3.05, 3.63) is 29.8 Å². The first-order valence-corrected chi connectivity index (χ1v) is 16.6. The summed E-state index contributed by atoms with van der Waals surface area (Å²) in [6.45, 7) is 3.34. The predicted octanol–water partition coefficient (Wildman–Crippen LogP) is 4.25. The number of Topliss-reactive ketones (excluding diaryl/α,β-unsaturated/α-hetero) is 1. The Hall–Kier alpha value is -2.94. The van der Waals surface area contributed by atoms with Gasteiger partial charge in [-0.2, -0.15) is 0 Å². The van der Waals surface area contributed by atoms with Crippen molar-refractivity contribution in [2.24, 2.45) is 5.92 Å². The van der Waals surface area contributed by atoms with Crippen molar-refractivity contribution in [3.8, 4) is 5.75 Å². The Kier molecular flexibility index (Phi) is 10.8. The maximum absolute atomic E-state index is 13.9. The lowest BCUT2D eigenvalue weighted by Crippen LogP contribution is -2.57. The number of nitrogens with one attached hydrogen (secondary N) is 2. The molecule has 3 amide bonds. The highest BCUT2D eigenvalue weighted by Gasteiger charge is 2.50. The quantitative estimate of drug-likeness (QED) is 0.475. The number of hydrogen-bond donors (Lipinski definition) is 2. The van der Waals surface area contributed by atoms with E-state index in [4.69, 9.17) is 9.47 Å². The van der Waals surface area contributed by atoms with Gasteiger partial charge >= 0.3 is 0 Å². The maximum atomic E-state index is 13.9. The highest BCUT2D eigenvalue weighted by atomic mass is 16.6. The van der Waals surface area contributed by atoms with E-state index in [0.717, 1.165) is 75.5 Å². The van der Waals surface area contributed by atoms with Gasteiger partial charge < -0.3 is 25.0 Å². The summed E-state index contributed by atoms with van der Waals surface area (Å²) in [6.07, 6.45) is 13.0. The standard InChI is InChI=1S/C34H49N3O6/c1-34(23-43-34)31(39)27(21-24-11-6-5-7-12-24)35-32(40)28-22-25-15-17-26(18-16-25)42-20-9-4-2-3-8-14-30(38)37-19-10-13-29(37)33(41)36-28/h15-18,24,27-29H,2-14,19-23H2,1H3,(H,35,40)(H,36,41)/t27?,28-,29-,34+/m0/s1. The average Bonchev–Trinajstić information content (AvgIpc) is 3.56. The number of carbonyl (C=O) groups excluding carboxylic acids is 4. The van der Waals surface area contributed by atoms with Crippen molar-refractivity contribution in [2.75, 3.05) is 19.8 Å². The molecule has 5 aliphatic rings. The van der Waals surface area contributed by atoms with Gasteiger partial charge in [0.15, 0.2) is 5.78 Å². The Labute approximate surface area is 255 Å². The minimum absolute atomic E-state index is 0.00555. The molecule has 0 aromatic heterocycles. The van der Waals surface area contributed by atoms with E-state index in [1.165, 1.54) is 6.42 Å². The Morgan fingerprint density at radius 2 is 1.67 bits per heavy atom. The van der Waals surface area contributed by atoms with Crippen LogP contribution >= 0.6 is 0 Å². The van der Waals surface area contributed by atoms with Gasteiger partial charge in [-0.3, -0.25) is 19.2 Å². The summed E-state index contributed by atoms with van der Waals surface area (Å²) in [5, 5.41) is 6.04. The van der Waals surface area contributed by atoms with Gasteiger partial charge in [0.2, 0.25) is 17.7 Å². The van der Waals surface area contributed by atoms with Crippen LogP contribution < -0.4 is 15.4 Å². The topological polar surface area (TPSA) is 117 Å². The first-order valence-electron chi connectivity index (χ1n) is 16.6. The van der Waals surface area contributed by atoms with Gasteiger partial charge in [-0.15, -0.1) is 0 Å². The molecule has 1 saturated carbocycles. The molecule has 236 valence electrons. The molecule has 0 radical (unpaired) electrons. The summed E-state index contributed by atoms with van der Waals surface area (Å²) >= 11 is 0. The zero-order chi connectivity index (χ0) is 30.2. The average molecular weight is 596 g/mol. The number of ether oxygens (including phenoxy) is 2. The molecule has 4 heterocycles. The van der Waals surface area contributed by atoms with Crippen molar-refractivity contribution in [1.29, 1.82) is 0 Å². The number of ketones is 1. The smallest absolute Gasteiger partial charge is 0.243 e. The van der Waals surface area contributed by atoms with E-state index in [2.05, 4.69) is 10.6 Å². The summed E-state index contributed by atoms with van der Waals surface area (Å²) in [5.74, 6) is 0.369. The van der Waals surface area contributed by atoms with Gasteiger partial charge in [-0.05, 0) is 62.6 Å². The summed E-state index contributed by atoms with van der Waals surface area (Å²) < 4.78 is 11.4. The lowest BCUT2D eigenvalue weighted by molar-refractivity contribution is -0.140. The van der Waals surface area contributed by atoms with E-state index >= 15 is 0 Å². The maximum Gasteiger partial charge on any atom is 0.243 e. The van der Waals surface area contributed by atoms with Crippen LogP contribution in [0.1, 0.15) is 102 Å². The molecule has 6 rings (SSSR count). The van der Waals surface area contributed by atoms with Crippen molar-refractivity contribution in [3.63, 3.8) is 0 Å². The third kappa shape index (κ3) is 8.58. The molecule has 2 N–H and O–H groups in total. The number of hydrogen-bond acceptors (Lipinski definition) is 6. The van der Waals surface area contributed by atoms with Crippen LogP contribution in [0.25, 0.3) is 0 Å². The van der Waals surface area contributed by atoms with Crippen LogP contribution in [0.3, 0.4) is 0 Å². The Bertz CT molecular complexity index is 1130. The molecule has 3 fully saturated rings. The zero-order valence-corrected chi connectivity index (χ0v) is 25.7. The van der Waals surface area contributed by atoms with Crippen LogP contribution in [0.15, 0.2) is 24.3 Å². The molecule has 43 heavy (non-hydrogen) atoms. The largest absolute Gasteiger partial charge is 0.494 e. The monoisotopic (exact) mass is 595 g/mol. The molecule has 1 unspecified atom stereocenters. The van der Waals surface area contributed by atoms with E-state index < -0.39 is 23.7 Å². The minimum atomic E-state index is -0.895. The van der Waals surface area contributed by atoms with E-state index in [1.807, 2.05) is 24.3 Å². The molecule has 1 aromatic rings. The number of rotatable bonds is 6. The molecule has 9 heteroatoms. The molecule has 2 saturated heterocycles. The highest BCUT2D eigenvalue weighted by molar-refractivity contribution is 5.98. The molecule has 1 aliphatic carbocycles. The summed E-state index contributed by atoms with van der Waals surface area (Å²) in [4.78, 5) is 55.9. The Morgan fingerprint density at radius 1 is 0.977 bits per heavy atom. The van der Waals surface area contributed by atoms with E-state index in [9.17, 15) is 19.2 Å². The first kappa shape index (κ1) is 31.5. The van der Waals surface area contributed by atoms with Crippen molar-refractivity contribution in [1.82, 2.24) is 15.5 Å². The van der Waals surface area contributed by atoms with Gasteiger partial charge in [-0.1, -0.05) is 63.5 Å². The Morgan fingerprint density at radius 3 is 2.42 bits per heavy atom. The molecule has 4 atom stereocenters. The molecule has 0 spiro atoms. The third-order valence-electron chi connectivity index (χ3n) is 9.70. The third-order valence-corrected chi connectivity index (χ3v) is 9.70. The summed E-state index contributed by atoms with van der Waals surface area (Å²) in [5.41, 5.74) is 0.0191. The van der Waals surface area contributed by atoms with Gasteiger partial charge in [0.25, 0.3) is 0 Å². The van der Waals surface area contributed by atoms with Gasteiger partial charge in [-0.25, -0.2) is 0 Å². The van der Waals surface area contributed by atoms with E-state index in [0.29, 0.717) is 44.9 Å². The SMILES string of the molecule is C[C@]1(C(=O)C(CC2CCCCC2)NC(=O)[C@@H]2Cc3ccc(cc3)OCCCCCCCC(=O)N3CCC[C@H]3C(=O)N2)CO1. The second-order valence-electron chi connectivity index (χ2n) is 13.2. The van der Waals surface area contributed by atoms with Crippen molar-refractivity contribution < 1.29 is 28.7 Å². The molecule has 2 bridgehead atoms. The highest BCUT2D eigenvalue weighted by Crippen LogP contribution is 2.33. The van der Waals surface area contributed by atoms with Crippen LogP contribution in [-0.4, -0.2) is 71.9 Å². The number of fused-ring (bicyclic) bond motifs is 13. The number of nitrogens with zero attached hydrogens (tertiary/aromatic N) is 1. The minimum Gasteiger partial charge on any atom is -0.494 e. The van der Waals surface area contributed by atoms with E-state index in [1.54, 1.807) is 11.8 Å². The van der Waals surface area contributed by atoms with Crippen molar-refractivity contribution >= 4 is 23.5 Å². The molecule has 9 nitrogen and oxygen atoms in total. The van der Waals surface area contributed by atoms with Crippen LogP contribution in [-0.2, 0) is 30.3 Å². The number of benzene rings is 1. The van der Waals surface area contributed by atoms with Crippen LogP contribution in [0.5, 0.6) is 5.75 Å². The van der Waals surface area contributed by atoms with Crippen LogP contribution in [0, 0.1) is 5.92 Å². The fraction of sp³-hybridized carbons (Fsp3) is 0.706. The second kappa shape index (κ2) is 14.7. The number of carbonyl (C=O) groups is 4. The lowest BCUT2D eigenvalue weighted by atomic mass is 9.82. The van der Waals surface area contributed by atoms with Crippen LogP contribution in [0.2, 0.25) is 0 Å². The van der Waals surface area contributed by atoms with Gasteiger partial charge in [0.1, 0.15) is 23.4 Å². The van der Waals surface area contributed by atoms with Crippen molar-refractivity contribution in [2.45, 2.75) is 127 Å². The normalized spacial score (nSPS) is 28.4. The summed E-state index contributed by atoms with van der Waals surface area (Å²) in [6, 6.07) is 5.50.